The summed E-state index contributed by atoms with van der Waals surface area (Å²) < 4.78 is 5.15. The van der Waals surface area contributed by atoms with E-state index in [1.165, 1.54) is 5.56 Å². The largest absolute Gasteiger partial charge is 0.465 e. The van der Waals surface area contributed by atoms with E-state index < -0.39 is 0 Å². The second-order valence-electron chi connectivity index (χ2n) is 2.35. The molecule has 1 aromatic heterocycles. The molecule has 0 bridgehead atoms. The fraction of sp³-hybridized carbons (Fsp3) is 0.200. The van der Waals surface area contributed by atoms with Crippen LogP contribution in [0.4, 0.5) is 0 Å². The summed E-state index contributed by atoms with van der Waals surface area (Å²) in [4.78, 5) is 0. The van der Waals surface area contributed by atoms with Crippen LogP contribution < -0.4 is 10.6 Å². The highest BCUT2D eigenvalue weighted by atomic mass is 16.3. The zero-order chi connectivity index (χ0) is 8.27. The zero-order valence-electron chi connectivity index (χ0n) is 6.76. The Balaban J connectivity index is 3.41. The first-order valence-electron chi connectivity index (χ1n) is 3.67. The lowest BCUT2D eigenvalue weighted by molar-refractivity contribution is 0.531. The summed E-state index contributed by atoms with van der Waals surface area (Å²) >= 11 is 0. The van der Waals surface area contributed by atoms with Crippen molar-refractivity contribution in [3.8, 4) is 0 Å². The monoisotopic (exact) mass is 148 g/mol. The molecule has 0 fully saturated rings. The van der Waals surface area contributed by atoms with Crippen molar-refractivity contribution < 1.29 is 4.42 Å². The van der Waals surface area contributed by atoms with Gasteiger partial charge in [-0.3, -0.25) is 0 Å². The molecule has 1 rings (SSSR count). The van der Waals surface area contributed by atoms with Crippen LogP contribution in [0.25, 0.3) is 12.7 Å². The smallest absolute Gasteiger partial charge is 0.126 e. The van der Waals surface area contributed by atoms with Crippen LogP contribution in [-0.2, 0) is 6.42 Å². The van der Waals surface area contributed by atoms with Gasteiger partial charge in [0.1, 0.15) is 5.42 Å². The predicted octanol–water partition coefficient (Wildman–Crippen LogP) is 1.22. The minimum atomic E-state index is 0.724. The highest BCUT2D eigenvalue weighted by molar-refractivity contribution is 5.37. The fourth-order valence-electron chi connectivity index (χ4n) is 1.04. The Morgan fingerprint density at radius 3 is 2.91 bits per heavy atom. The van der Waals surface area contributed by atoms with Gasteiger partial charge in [0.05, 0.1) is 6.26 Å². The number of hydrogen-bond acceptors (Lipinski definition) is 1. The van der Waals surface area contributed by atoms with Gasteiger partial charge >= 0.3 is 0 Å². The molecule has 11 heavy (non-hydrogen) atoms. The summed E-state index contributed by atoms with van der Waals surface area (Å²) in [7, 11) is 0. The molecule has 0 radical (unpaired) electrons. The summed E-state index contributed by atoms with van der Waals surface area (Å²) in [5, 5.41) is 1.07. The molecule has 1 heteroatoms. The predicted molar refractivity (Wildman–Crippen MR) is 47.5 cm³/mol. The summed E-state index contributed by atoms with van der Waals surface area (Å²) in [5.74, 6) is 0. The molecule has 1 heterocycles. The molecule has 0 aromatic carbocycles. The van der Waals surface area contributed by atoms with Crippen molar-refractivity contribution in [1.82, 2.24) is 0 Å². The van der Waals surface area contributed by atoms with E-state index in [4.69, 9.17) is 4.42 Å². The number of furan rings is 1. The van der Waals surface area contributed by atoms with Gasteiger partial charge in [0.15, 0.2) is 0 Å². The van der Waals surface area contributed by atoms with Gasteiger partial charge in [-0.05, 0) is 12.0 Å². The first-order valence-corrected chi connectivity index (χ1v) is 3.67. The maximum Gasteiger partial charge on any atom is 0.126 e. The van der Waals surface area contributed by atoms with E-state index in [-0.39, 0.29) is 0 Å². The molecule has 0 aliphatic heterocycles. The lowest BCUT2D eigenvalue weighted by atomic mass is 10.2. The quantitative estimate of drug-likeness (QED) is 0.614. The normalized spacial score (nSPS) is 11.9. The molecule has 1 aromatic rings. The van der Waals surface area contributed by atoms with Crippen LogP contribution in [0.1, 0.15) is 12.5 Å². The van der Waals surface area contributed by atoms with Gasteiger partial charge in [-0.25, -0.2) is 0 Å². The number of hydrogen-bond donors (Lipinski definition) is 0. The molecule has 0 unspecified atom stereocenters. The molecule has 0 atom stereocenters. The van der Waals surface area contributed by atoms with Crippen molar-refractivity contribution in [2.24, 2.45) is 0 Å². The maximum atomic E-state index is 5.15. The summed E-state index contributed by atoms with van der Waals surface area (Å²) in [6.07, 6.45) is 6.39. The highest BCUT2D eigenvalue weighted by Crippen LogP contribution is 1.88. The average molecular weight is 148 g/mol. The second-order valence-corrected chi connectivity index (χ2v) is 2.35. The summed E-state index contributed by atoms with van der Waals surface area (Å²) in [6.45, 7) is 9.48. The van der Waals surface area contributed by atoms with Gasteiger partial charge in [-0.2, -0.15) is 0 Å². The number of aryl methyl sites for hydroxylation is 1. The molecule has 0 saturated carbocycles. The number of rotatable bonds is 2. The van der Waals surface area contributed by atoms with Crippen LogP contribution in [0.5, 0.6) is 0 Å². The van der Waals surface area contributed by atoms with Gasteiger partial charge in [0.2, 0.25) is 0 Å². The molecular weight excluding hydrogens is 136 g/mol. The molecule has 0 aliphatic rings. The van der Waals surface area contributed by atoms with E-state index in [2.05, 4.69) is 20.1 Å². The maximum absolute atomic E-state index is 5.15. The minimum Gasteiger partial charge on any atom is -0.465 e. The van der Waals surface area contributed by atoms with Crippen LogP contribution in [0, 0.1) is 0 Å². The van der Waals surface area contributed by atoms with Crippen LogP contribution in [0.3, 0.4) is 0 Å². The van der Waals surface area contributed by atoms with Crippen LogP contribution in [0.15, 0.2) is 23.3 Å². The van der Waals surface area contributed by atoms with Gasteiger partial charge in [-0.15, -0.1) is 0 Å². The zero-order valence-corrected chi connectivity index (χ0v) is 6.76. The minimum absolute atomic E-state index is 0.724. The Hall–Kier alpha value is -1.24. The second kappa shape index (κ2) is 3.24. The number of allylic oxidation sites excluding steroid dienone is 1. The van der Waals surface area contributed by atoms with E-state index in [0.717, 1.165) is 17.1 Å². The molecule has 0 saturated heterocycles. The molecule has 0 N–H and O–H groups in total. The van der Waals surface area contributed by atoms with Gasteiger partial charge < -0.3 is 4.42 Å². The summed E-state index contributed by atoms with van der Waals surface area (Å²) in [6, 6.07) is 0. The first kappa shape index (κ1) is 7.86. The first-order chi connectivity index (χ1) is 5.29. The lowest BCUT2D eigenvalue weighted by Crippen LogP contribution is -2.20. The van der Waals surface area contributed by atoms with E-state index in [0.29, 0.717) is 0 Å². The lowest BCUT2D eigenvalue weighted by Gasteiger charge is -1.83. The van der Waals surface area contributed by atoms with Crippen LogP contribution in [-0.4, -0.2) is 0 Å². The van der Waals surface area contributed by atoms with Crippen molar-refractivity contribution in [3.05, 3.63) is 35.1 Å². The van der Waals surface area contributed by atoms with Crippen molar-refractivity contribution in [1.29, 1.82) is 0 Å². The van der Waals surface area contributed by atoms with Gasteiger partial charge in [0, 0.05) is 5.22 Å². The van der Waals surface area contributed by atoms with Crippen LogP contribution >= 0.6 is 0 Å². The average Bonchev–Trinajstić information content (AvgIpc) is 2.34. The van der Waals surface area contributed by atoms with Gasteiger partial charge in [-0.1, -0.05) is 32.2 Å². The van der Waals surface area contributed by atoms with Crippen molar-refractivity contribution >= 4 is 12.7 Å². The van der Waals surface area contributed by atoms with Crippen LogP contribution in [0.2, 0.25) is 0 Å². The molecular formula is C10H12O. The standard InChI is InChI=1S/C10H12O/c1-4-6-10-8(3)11-7-9(10)5-2/h4,6-7H,1,3,5H2,2H3/b10-6+. The Morgan fingerprint density at radius 1 is 1.64 bits per heavy atom. The molecule has 0 aliphatic carbocycles. The molecule has 0 spiro atoms. The molecule has 1 nitrogen and oxygen atoms in total. The van der Waals surface area contributed by atoms with Gasteiger partial charge in [0.25, 0.3) is 0 Å². The third-order valence-corrected chi connectivity index (χ3v) is 1.66. The van der Waals surface area contributed by atoms with E-state index in [1.807, 2.05) is 6.08 Å². The Morgan fingerprint density at radius 2 is 2.36 bits per heavy atom. The van der Waals surface area contributed by atoms with Crippen molar-refractivity contribution in [2.45, 2.75) is 13.3 Å². The van der Waals surface area contributed by atoms with Crippen molar-refractivity contribution in [2.75, 3.05) is 0 Å². The Kier molecular flexibility index (Phi) is 2.32. The third kappa shape index (κ3) is 1.43. The van der Waals surface area contributed by atoms with E-state index in [1.54, 1.807) is 12.3 Å². The third-order valence-electron chi connectivity index (χ3n) is 1.66. The fourth-order valence-corrected chi connectivity index (χ4v) is 1.04. The van der Waals surface area contributed by atoms with E-state index >= 15 is 0 Å². The topological polar surface area (TPSA) is 13.1 Å². The summed E-state index contributed by atoms with van der Waals surface area (Å²) in [5.41, 5.74) is 1.91. The Labute approximate surface area is 66.3 Å². The molecule has 58 valence electrons. The Bertz CT molecular complexity index is 343. The molecule has 0 amide bonds. The van der Waals surface area contributed by atoms with Crippen molar-refractivity contribution in [3.63, 3.8) is 0 Å². The highest BCUT2D eigenvalue weighted by Gasteiger charge is 1.94. The SMILES string of the molecule is C=C/C=c1/c(CC)coc1=C. The van der Waals surface area contributed by atoms with E-state index in [9.17, 15) is 0 Å².